The summed E-state index contributed by atoms with van der Waals surface area (Å²) in [7, 11) is -3.95. The monoisotopic (exact) mass is 415 g/mol. The van der Waals surface area contributed by atoms with Crippen LogP contribution < -0.4 is 0 Å². The molecule has 4 aromatic rings. The molecule has 0 bridgehead atoms. The molecule has 4 nitrogen and oxygen atoms in total. The third kappa shape index (κ3) is 3.53. The second-order valence-electron chi connectivity index (χ2n) is 7.22. The first-order chi connectivity index (χ1) is 14.4. The number of aromatic nitrogens is 1. The van der Waals surface area contributed by atoms with E-state index < -0.39 is 9.84 Å². The summed E-state index contributed by atoms with van der Waals surface area (Å²) < 4.78 is 27.5. The van der Waals surface area contributed by atoms with Gasteiger partial charge >= 0.3 is 0 Å². The van der Waals surface area contributed by atoms with Crippen LogP contribution in [0.4, 0.5) is 0 Å². The Bertz CT molecular complexity index is 1340. The zero-order chi connectivity index (χ0) is 21.3. The van der Waals surface area contributed by atoms with Gasteiger partial charge in [-0.1, -0.05) is 61.0 Å². The molecule has 0 N–H and O–H groups in total. The second-order valence-corrected chi connectivity index (χ2v) is 9.10. The number of nitrogens with zero attached hydrogens (tertiary/aromatic N) is 1. The molecule has 0 amide bonds. The number of rotatable bonds is 5. The van der Waals surface area contributed by atoms with Crippen molar-refractivity contribution in [3.05, 3.63) is 101 Å². The molecule has 0 aliphatic heterocycles. The number of fused-ring (bicyclic) bond motifs is 1. The van der Waals surface area contributed by atoms with E-state index in [9.17, 15) is 13.2 Å². The SMILES string of the molecule is CCc1ccc(S(=O)(=O)c2c(C(=O)c3ccccc3)cnc3ccc(C)cc23)cc1. The Kier molecular flexibility index (Phi) is 5.22. The molecule has 3 aromatic carbocycles. The van der Waals surface area contributed by atoms with Crippen molar-refractivity contribution in [2.75, 3.05) is 0 Å². The zero-order valence-electron chi connectivity index (χ0n) is 16.8. The Balaban J connectivity index is 2.02. The predicted molar refractivity (Wildman–Crippen MR) is 118 cm³/mol. The molecule has 0 aliphatic carbocycles. The molecule has 0 unspecified atom stereocenters. The van der Waals surface area contributed by atoms with Crippen LogP contribution in [0, 0.1) is 6.92 Å². The van der Waals surface area contributed by atoms with Crippen LogP contribution in [-0.4, -0.2) is 19.2 Å². The number of carbonyl (C=O) groups excluding carboxylic acids is 1. The minimum absolute atomic E-state index is 0.00861. The molecule has 0 atom stereocenters. The van der Waals surface area contributed by atoms with Gasteiger partial charge in [0.15, 0.2) is 5.78 Å². The first-order valence-corrected chi connectivity index (χ1v) is 11.2. The van der Waals surface area contributed by atoms with Crippen molar-refractivity contribution >= 4 is 26.5 Å². The van der Waals surface area contributed by atoms with Crippen molar-refractivity contribution in [2.45, 2.75) is 30.1 Å². The van der Waals surface area contributed by atoms with Crippen LogP contribution in [0.3, 0.4) is 0 Å². The van der Waals surface area contributed by atoms with E-state index in [0.29, 0.717) is 16.5 Å². The van der Waals surface area contributed by atoms with Crippen molar-refractivity contribution in [2.24, 2.45) is 0 Å². The molecule has 0 radical (unpaired) electrons. The lowest BCUT2D eigenvalue weighted by Crippen LogP contribution is -2.13. The van der Waals surface area contributed by atoms with E-state index in [-0.39, 0.29) is 21.1 Å². The van der Waals surface area contributed by atoms with Gasteiger partial charge in [-0.05, 0) is 43.2 Å². The van der Waals surface area contributed by atoms with Gasteiger partial charge in [0, 0.05) is 17.1 Å². The predicted octanol–water partition coefficient (Wildman–Crippen LogP) is 5.17. The van der Waals surface area contributed by atoms with Gasteiger partial charge in [0.05, 0.1) is 20.9 Å². The molecule has 4 rings (SSSR count). The van der Waals surface area contributed by atoms with E-state index in [4.69, 9.17) is 0 Å². The molecular weight excluding hydrogens is 394 g/mol. The largest absolute Gasteiger partial charge is 0.289 e. The number of carbonyl (C=O) groups is 1. The van der Waals surface area contributed by atoms with Crippen LogP contribution in [0.15, 0.2) is 88.8 Å². The summed E-state index contributed by atoms with van der Waals surface area (Å²) in [6, 6.07) is 20.9. The summed E-state index contributed by atoms with van der Waals surface area (Å²) in [5, 5.41) is 0.455. The van der Waals surface area contributed by atoms with Crippen molar-refractivity contribution in [3.8, 4) is 0 Å². The molecule has 1 heterocycles. The fraction of sp³-hybridized carbons (Fsp3) is 0.120. The van der Waals surface area contributed by atoms with Crippen molar-refractivity contribution < 1.29 is 13.2 Å². The lowest BCUT2D eigenvalue weighted by atomic mass is 10.0. The van der Waals surface area contributed by atoms with Gasteiger partial charge < -0.3 is 0 Å². The smallest absolute Gasteiger partial charge is 0.208 e. The van der Waals surface area contributed by atoms with Crippen LogP contribution in [0.1, 0.15) is 34.0 Å². The third-order valence-corrected chi connectivity index (χ3v) is 7.04. The fourth-order valence-electron chi connectivity index (χ4n) is 3.50. The number of hydrogen-bond acceptors (Lipinski definition) is 4. The number of benzene rings is 3. The van der Waals surface area contributed by atoms with Gasteiger partial charge in [0.25, 0.3) is 0 Å². The second kappa shape index (κ2) is 7.84. The van der Waals surface area contributed by atoms with Crippen LogP contribution in [0.2, 0.25) is 0 Å². The number of hydrogen-bond donors (Lipinski definition) is 0. The van der Waals surface area contributed by atoms with Gasteiger partial charge in [-0.25, -0.2) is 8.42 Å². The maximum Gasteiger partial charge on any atom is 0.208 e. The molecular formula is C25H21NO3S. The Hall–Kier alpha value is -3.31. The van der Waals surface area contributed by atoms with Crippen LogP contribution >= 0.6 is 0 Å². The van der Waals surface area contributed by atoms with Crippen molar-refractivity contribution in [3.63, 3.8) is 0 Å². The molecule has 0 saturated heterocycles. The molecule has 0 saturated carbocycles. The summed E-state index contributed by atoms with van der Waals surface area (Å²) in [5.74, 6) is -0.366. The maximum atomic E-state index is 13.7. The van der Waals surface area contributed by atoms with Crippen molar-refractivity contribution in [1.82, 2.24) is 4.98 Å². The van der Waals surface area contributed by atoms with E-state index in [1.165, 1.54) is 6.20 Å². The summed E-state index contributed by atoms with van der Waals surface area (Å²) in [6.45, 7) is 3.90. The number of aryl methyl sites for hydroxylation is 2. The molecule has 0 aliphatic rings. The first-order valence-electron chi connectivity index (χ1n) is 9.75. The third-order valence-electron chi connectivity index (χ3n) is 5.17. The average molecular weight is 416 g/mol. The van der Waals surface area contributed by atoms with Crippen LogP contribution in [0.5, 0.6) is 0 Å². The minimum Gasteiger partial charge on any atom is -0.289 e. The first kappa shape index (κ1) is 20.0. The molecule has 0 fully saturated rings. The van der Waals surface area contributed by atoms with Gasteiger partial charge in [0.2, 0.25) is 9.84 Å². The highest BCUT2D eigenvalue weighted by Gasteiger charge is 2.28. The Morgan fingerprint density at radius 3 is 2.30 bits per heavy atom. The van der Waals surface area contributed by atoms with E-state index >= 15 is 0 Å². The molecule has 5 heteroatoms. The lowest BCUT2D eigenvalue weighted by molar-refractivity contribution is 0.103. The van der Waals surface area contributed by atoms with Crippen molar-refractivity contribution in [1.29, 1.82) is 0 Å². The van der Waals surface area contributed by atoms with E-state index in [1.54, 1.807) is 60.7 Å². The lowest BCUT2D eigenvalue weighted by Gasteiger charge is -2.14. The number of sulfone groups is 1. The van der Waals surface area contributed by atoms with Crippen LogP contribution in [-0.2, 0) is 16.3 Å². The summed E-state index contributed by atoms with van der Waals surface area (Å²) in [6.07, 6.45) is 2.19. The van der Waals surface area contributed by atoms with E-state index in [0.717, 1.165) is 17.5 Å². The topological polar surface area (TPSA) is 64.1 Å². The average Bonchev–Trinajstić information content (AvgIpc) is 2.78. The van der Waals surface area contributed by atoms with Gasteiger partial charge in [-0.2, -0.15) is 0 Å². The molecule has 1 aromatic heterocycles. The van der Waals surface area contributed by atoms with E-state index in [2.05, 4.69) is 4.98 Å². The highest BCUT2D eigenvalue weighted by atomic mass is 32.2. The maximum absolute atomic E-state index is 13.7. The highest BCUT2D eigenvalue weighted by Crippen LogP contribution is 2.32. The van der Waals surface area contributed by atoms with Crippen LogP contribution in [0.25, 0.3) is 10.9 Å². The Morgan fingerprint density at radius 2 is 1.63 bits per heavy atom. The standard InChI is InChI=1S/C25H21NO3S/c1-3-18-10-12-20(13-11-18)30(28,29)25-21-15-17(2)9-14-23(21)26-16-22(25)24(27)19-7-5-4-6-8-19/h4-16H,3H2,1-2H3. The van der Waals surface area contributed by atoms with Gasteiger partial charge in [-0.3, -0.25) is 9.78 Å². The number of pyridine rings is 1. The van der Waals surface area contributed by atoms with Gasteiger partial charge in [-0.15, -0.1) is 0 Å². The summed E-state index contributed by atoms with van der Waals surface area (Å²) in [4.78, 5) is 17.8. The number of ketones is 1. The molecule has 30 heavy (non-hydrogen) atoms. The minimum atomic E-state index is -3.95. The zero-order valence-corrected chi connectivity index (χ0v) is 17.6. The highest BCUT2D eigenvalue weighted by molar-refractivity contribution is 7.91. The van der Waals surface area contributed by atoms with Gasteiger partial charge in [0.1, 0.15) is 0 Å². The fourth-order valence-corrected chi connectivity index (χ4v) is 5.12. The normalized spacial score (nSPS) is 11.5. The molecule has 150 valence electrons. The Labute approximate surface area is 176 Å². The summed E-state index contributed by atoms with van der Waals surface area (Å²) >= 11 is 0. The Morgan fingerprint density at radius 1 is 0.933 bits per heavy atom. The quantitative estimate of drug-likeness (QED) is 0.422. The summed E-state index contributed by atoms with van der Waals surface area (Å²) in [5.41, 5.74) is 2.98. The van der Waals surface area contributed by atoms with E-state index in [1.807, 2.05) is 26.0 Å². The molecule has 0 spiro atoms.